The molecule has 2 rings (SSSR count). The summed E-state index contributed by atoms with van der Waals surface area (Å²) in [7, 11) is 1.87. The van der Waals surface area contributed by atoms with E-state index in [1.807, 2.05) is 18.5 Å². The SMILES string of the molecule is Cc1ccc(CCCC(=O)c2cc(Cl)c(CC[C@@](C)(N)CO)n2C)cc1C. The number of halogens is 1. The fourth-order valence-electron chi connectivity index (χ4n) is 3.18. The van der Waals surface area contributed by atoms with Gasteiger partial charge in [-0.1, -0.05) is 29.8 Å². The summed E-state index contributed by atoms with van der Waals surface area (Å²) in [6.45, 7) is 5.94. The molecule has 0 amide bonds. The highest BCUT2D eigenvalue weighted by Crippen LogP contribution is 2.25. The molecule has 27 heavy (non-hydrogen) atoms. The van der Waals surface area contributed by atoms with Gasteiger partial charge in [0.15, 0.2) is 5.78 Å². The minimum absolute atomic E-state index is 0.0840. The number of rotatable bonds is 9. The van der Waals surface area contributed by atoms with Gasteiger partial charge in [0, 0.05) is 24.7 Å². The Morgan fingerprint density at radius 2 is 1.93 bits per heavy atom. The van der Waals surface area contributed by atoms with E-state index in [9.17, 15) is 9.90 Å². The van der Waals surface area contributed by atoms with Gasteiger partial charge in [0.25, 0.3) is 0 Å². The summed E-state index contributed by atoms with van der Waals surface area (Å²) in [6, 6.07) is 8.22. The Morgan fingerprint density at radius 1 is 1.22 bits per heavy atom. The molecule has 4 nitrogen and oxygen atoms in total. The molecule has 0 unspecified atom stereocenters. The molecule has 1 aromatic carbocycles. The number of aromatic nitrogens is 1. The highest BCUT2D eigenvalue weighted by atomic mass is 35.5. The fourth-order valence-corrected chi connectivity index (χ4v) is 3.51. The summed E-state index contributed by atoms with van der Waals surface area (Å²) >= 11 is 6.35. The van der Waals surface area contributed by atoms with Crippen molar-refractivity contribution in [2.75, 3.05) is 6.61 Å². The van der Waals surface area contributed by atoms with Crippen LogP contribution in [0.3, 0.4) is 0 Å². The van der Waals surface area contributed by atoms with Crippen LogP contribution in [0.15, 0.2) is 24.3 Å². The molecule has 0 aliphatic carbocycles. The second-order valence-electron chi connectivity index (χ2n) is 7.89. The van der Waals surface area contributed by atoms with Crippen molar-refractivity contribution in [1.29, 1.82) is 0 Å². The van der Waals surface area contributed by atoms with Gasteiger partial charge >= 0.3 is 0 Å². The minimum Gasteiger partial charge on any atom is -0.394 e. The number of carbonyl (C=O) groups excluding carboxylic acids is 1. The lowest BCUT2D eigenvalue weighted by Crippen LogP contribution is -2.40. The van der Waals surface area contributed by atoms with E-state index in [1.54, 1.807) is 6.07 Å². The molecule has 1 aromatic heterocycles. The normalized spacial score (nSPS) is 13.6. The van der Waals surface area contributed by atoms with Crippen LogP contribution < -0.4 is 5.73 Å². The molecular formula is C22H31ClN2O2. The fraction of sp³-hybridized carbons (Fsp3) is 0.500. The summed E-state index contributed by atoms with van der Waals surface area (Å²) in [4.78, 5) is 12.7. The monoisotopic (exact) mass is 390 g/mol. The van der Waals surface area contributed by atoms with Gasteiger partial charge in [0.1, 0.15) is 0 Å². The van der Waals surface area contributed by atoms with Crippen LogP contribution in [-0.2, 0) is 19.9 Å². The minimum atomic E-state index is -0.649. The van der Waals surface area contributed by atoms with E-state index >= 15 is 0 Å². The van der Waals surface area contributed by atoms with Crippen molar-refractivity contribution in [3.63, 3.8) is 0 Å². The molecule has 1 heterocycles. The highest BCUT2D eigenvalue weighted by molar-refractivity contribution is 6.31. The topological polar surface area (TPSA) is 68.2 Å². The average Bonchev–Trinajstić information content (AvgIpc) is 2.90. The van der Waals surface area contributed by atoms with Crippen LogP contribution in [0.1, 0.15) is 59.1 Å². The number of hydrogen-bond donors (Lipinski definition) is 2. The molecule has 0 aliphatic heterocycles. The van der Waals surface area contributed by atoms with Crippen LogP contribution in [0.25, 0.3) is 0 Å². The van der Waals surface area contributed by atoms with E-state index in [0.29, 0.717) is 30.0 Å². The maximum absolute atomic E-state index is 12.7. The zero-order chi connectivity index (χ0) is 20.2. The Kier molecular flexibility index (Phi) is 7.26. The van der Waals surface area contributed by atoms with Crippen molar-refractivity contribution in [1.82, 2.24) is 4.57 Å². The number of aliphatic hydroxyl groups is 1. The third-order valence-corrected chi connectivity index (χ3v) is 5.65. The number of ketones is 1. The number of benzene rings is 1. The van der Waals surface area contributed by atoms with Gasteiger partial charge in [-0.15, -0.1) is 0 Å². The number of nitrogens with two attached hydrogens (primary N) is 1. The lowest BCUT2D eigenvalue weighted by Gasteiger charge is -2.21. The summed E-state index contributed by atoms with van der Waals surface area (Å²) in [6.07, 6.45) is 3.41. The lowest BCUT2D eigenvalue weighted by atomic mass is 9.97. The van der Waals surface area contributed by atoms with E-state index < -0.39 is 5.54 Å². The average molecular weight is 391 g/mol. The van der Waals surface area contributed by atoms with E-state index in [2.05, 4.69) is 32.0 Å². The summed E-state index contributed by atoms with van der Waals surface area (Å²) < 4.78 is 1.87. The van der Waals surface area contributed by atoms with Crippen molar-refractivity contribution in [2.45, 2.75) is 58.4 Å². The predicted molar refractivity (Wildman–Crippen MR) is 112 cm³/mol. The van der Waals surface area contributed by atoms with Crippen molar-refractivity contribution in [3.8, 4) is 0 Å². The molecule has 0 saturated carbocycles. The molecule has 148 valence electrons. The zero-order valence-corrected chi connectivity index (χ0v) is 17.6. The lowest BCUT2D eigenvalue weighted by molar-refractivity contribution is 0.0972. The molecule has 5 heteroatoms. The zero-order valence-electron chi connectivity index (χ0n) is 16.8. The van der Waals surface area contributed by atoms with Crippen LogP contribution >= 0.6 is 11.6 Å². The number of hydrogen-bond acceptors (Lipinski definition) is 3. The van der Waals surface area contributed by atoms with Crippen molar-refractivity contribution < 1.29 is 9.90 Å². The largest absolute Gasteiger partial charge is 0.394 e. The third-order valence-electron chi connectivity index (χ3n) is 5.33. The number of nitrogens with zero attached hydrogens (tertiary/aromatic N) is 1. The smallest absolute Gasteiger partial charge is 0.179 e. The van der Waals surface area contributed by atoms with Gasteiger partial charge < -0.3 is 15.4 Å². The summed E-state index contributed by atoms with van der Waals surface area (Å²) in [5.41, 5.74) is 10.7. The van der Waals surface area contributed by atoms with Gasteiger partial charge in [-0.05, 0) is 69.2 Å². The first kappa shape index (κ1) is 21.7. The first-order valence-electron chi connectivity index (χ1n) is 9.48. The van der Waals surface area contributed by atoms with Crippen LogP contribution in [0.2, 0.25) is 5.02 Å². The summed E-state index contributed by atoms with van der Waals surface area (Å²) in [5.74, 6) is 0.104. The quantitative estimate of drug-likeness (QED) is 0.632. The van der Waals surface area contributed by atoms with Gasteiger partial charge in [0.2, 0.25) is 0 Å². The Morgan fingerprint density at radius 3 is 2.56 bits per heavy atom. The number of aryl methyl sites for hydroxylation is 3. The highest BCUT2D eigenvalue weighted by Gasteiger charge is 2.21. The van der Waals surface area contributed by atoms with Crippen molar-refractivity contribution in [2.24, 2.45) is 12.8 Å². The number of aliphatic hydroxyl groups excluding tert-OH is 1. The van der Waals surface area contributed by atoms with E-state index in [-0.39, 0.29) is 12.4 Å². The van der Waals surface area contributed by atoms with Crippen LogP contribution in [0.5, 0.6) is 0 Å². The Bertz CT molecular complexity index is 809. The molecule has 2 aromatic rings. The van der Waals surface area contributed by atoms with Gasteiger partial charge in [-0.3, -0.25) is 4.79 Å². The molecule has 0 spiro atoms. The number of carbonyl (C=O) groups is 1. The molecule has 0 bridgehead atoms. The van der Waals surface area contributed by atoms with E-state index in [1.165, 1.54) is 16.7 Å². The molecule has 0 saturated heterocycles. The Labute approximate surface area is 167 Å². The van der Waals surface area contributed by atoms with Gasteiger partial charge in [0.05, 0.1) is 17.3 Å². The van der Waals surface area contributed by atoms with Crippen molar-refractivity contribution in [3.05, 3.63) is 57.4 Å². The first-order valence-corrected chi connectivity index (χ1v) is 9.85. The molecule has 3 N–H and O–H groups in total. The second-order valence-corrected chi connectivity index (χ2v) is 8.30. The van der Waals surface area contributed by atoms with Crippen LogP contribution in [0, 0.1) is 13.8 Å². The third kappa shape index (κ3) is 5.68. The second kappa shape index (κ2) is 9.05. The molecule has 0 fully saturated rings. The molecular weight excluding hydrogens is 360 g/mol. The standard InChI is InChI=1S/C22H31ClN2O2/c1-15-8-9-17(12-16(15)2)6-5-7-21(27)20-13-18(23)19(25(20)4)10-11-22(3,24)14-26/h8-9,12-13,26H,5-7,10-11,14,24H2,1-4H3/t22-/m1/s1. The van der Waals surface area contributed by atoms with Gasteiger partial charge in [-0.25, -0.2) is 0 Å². The van der Waals surface area contributed by atoms with Crippen molar-refractivity contribution >= 4 is 17.4 Å². The summed E-state index contributed by atoms with van der Waals surface area (Å²) in [5, 5.41) is 9.90. The molecule has 1 atom stereocenters. The molecule has 0 radical (unpaired) electrons. The van der Waals surface area contributed by atoms with Crippen LogP contribution in [0.4, 0.5) is 0 Å². The maximum Gasteiger partial charge on any atom is 0.179 e. The number of Topliss-reactive ketones (excluding diaryl/α,β-unsaturated/α-hetero) is 1. The van der Waals surface area contributed by atoms with E-state index in [4.69, 9.17) is 17.3 Å². The van der Waals surface area contributed by atoms with Gasteiger partial charge in [-0.2, -0.15) is 0 Å². The Balaban J connectivity index is 1.98. The Hall–Kier alpha value is -1.62. The molecule has 0 aliphatic rings. The predicted octanol–water partition coefficient (Wildman–Crippen LogP) is 4.14. The first-order chi connectivity index (χ1) is 12.6. The maximum atomic E-state index is 12.7. The van der Waals surface area contributed by atoms with E-state index in [0.717, 1.165) is 18.5 Å². The van der Waals surface area contributed by atoms with Crippen LogP contribution in [-0.4, -0.2) is 27.6 Å².